The van der Waals surface area contributed by atoms with Crippen LogP contribution in [0.4, 0.5) is 0 Å². The number of hydrazine groups is 1. The lowest BCUT2D eigenvalue weighted by atomic mass is 9.95. The van der Waals surface area contributed by atoms with Crippen molar-refractivity contribution in [3.63, 3.8) is 0 Å². The molecular weight excluding hydrogens is 312 g/mol. The van der Waals surface area contributed by atoms with E-state index < -0.39 is 0 Å². The Balaban J connectivity index is 1.43. The number of rotatable bonds is 2. The summed E-state index contributed by atoms with van der Waals surface area (Å²) < 4.78 is 0. The molecular formula is C21H20N2O2. The number of aryl methyl sites for hydroxylation is 1. The zero-order chi connectivity index (χ0) is 17.0. The normalized spacial score (nSPS) is 29.6. The van der Waals surface area contributed by atoms with Gasteiger partial charge in [0.1, 0.15) is 0 Å². The lowest BCUT2D eigenvalue weighted by molar-refractivity contribution is -0.139. The van der Waals surface area contributed by atoms with Gasteiger partial charge in [-0.2, -0.15) is 0 Å². The predicted molar refractivity (Wildman–Crippen MR) is 93.3 cm³/mol. The van der Waals surface area contributed by atoms with Gasteiger partial charge >= 0.3 is 0 Å². The standard InChI is InChI=1S/C21H20N2O2/c24-19-12-18(15-7-2-1-3-8-15)23(22-19)20(25)17-13-21(17)11-10-14-6-4-5-9-16(14)21/h1-9,17-18H,10-13H2,(H,22,24). The van der Waals surface area contributed by atoms with Crippen LogP contribution in [0.2, 0.25) is 0 Å². The Kier molecular flexibility index (Phi) is 3.05. The van der Waals surface area contributed by atoms with Crippen molar-refractivity contribution < 1.29 is 9.59 Å². The molecule has 1 heterocycles. The van der Waals surface area contributed by atoms with Gasteiger partial charge in [0.2, 0.25) is 11.8 Å². The van der Waals surface area contributed by atoms with Gasteiger partial charge < -0.3 is 0 Å². The Hall–Kier alpha value is -2.62. The molecule has 1 saturated heterocycles. The number of carbonyl (C=O) groups excluding carboxylic acids is 2. The van der Waals surface area contributed by atoms with Gasteiger partial charge in [-0.3, -0.25) is 15.0 Å². The third-order valence-corrected chi connectivity index (χ3v) is 6.12. The molecule has 5 rings (SSSR count). The molecule has 3 unspecified atom stereocenters. The molecule has 3 atom stereocenters. The number of carbonyl (C=O) groups is 2. The van der Waals surface area contributed by atoms with Crippen LogP contribution in [0.1, 0.15) is 42.0 Å². The van der Waals surface area contributed by atoms with Crippen molar-refractivity contribution >= 4 is 11.8 Å². The monoisotopic (exact) mass is 332 g/mol. The molecule has 0 radical (unpaired) electrons. The van der Waals surface area contributed by atoms with E-state index in [1.54, 1.807) is 5.01 Å². The molecule has 1 saturated carbocycles. The largest absolute Gasteiger partial charge is 0.273 e. The predicted octanol–water partition coefficient (Wildman–Crippen LogP) is 2.90. The quantitative estimate of drug-likeness (QED) is 0.919. The Morgan fingerprint density at radius 1 is 1.08 bits per heavy atom. The molecule has 2 aromatic rings. The summed E-state index contributed by atoms with van der Waals surface area (Å²) in [4.78, 5) is 25.2. The smallest absolute Gasteiger partial charge is 0.245 e. The molecule has 1 spiro atoms. The molecule has 2 aromatic carbocycles. The second-order valence-electron chi connectivity index (χ2n) is 7.44. The summed E-state index contributed by atoms with van der Waals surface area (Å²) in [7, 11) is 0. The van der Waals surface area contributed by atoms with Crippen molar-refractivity contribution in [2.24, 2.45) is 5.92 Å². The molecule has 25 heavy (non-hydrogen) atoms. The molecule has 2 amide bonds. The summed E-state index contributed by atoms with van der Waals surface area (Å²) in [6.45, 7) is 0. The summed E-state index contributed by atoms with van der Waals surface area (Å²) in [5.41, 5.74) is 6.53. The van der Waals surface area contributed by atoms with Gasteiger partial charge in [0.05, 0.1) is 18.4 Å². The molecule has 126 valence electrons. The van der Waals surface area contributed by atoms with Crippen LogP contribution in [-0.4, -0.2) is 16.8 Å². The molecule has 2 fully saturated rings. The fraction of sp³-hybridized carbons (Fsp3) is 0.333. The maximum absolute atomic E-state index is 13.2. The molecule has 0 aromatic heterocycles. The zero-order valence-corrected chi connectivity index (χ0v) is 13.9. The highest BCUT2D eigenvalue weighted by molar-refractivity contribution is 5.90. The number of nitrogens with one attached hydrogen (secondary N) is 1. The number of nitrogens with zero attached hydrogens (tertiary/aromatic N) is 1. The van der Waals surface area contributed by atoms with E-state index >= 15 is 0 Å². The van der Waals surface area contributed by atoms with Gasteiger partial charge in [-0.1, -0.05) is 54.6 Å². The average Bonchev–Trinajstić information content (AvgIpc) is 3.07. The topological polar surface area (TPSA) is 49.4 Å². The summed E-state index contributed by atoms with van der Waals surface area (Å²) in [6, 6.07) is 18.1. The van der Waals surface area contributed by atoms with E-state index in [2.05, 4.69) is 29.7 Å². The van der Waals surface area contributed by atoms with Crippen molar-refractivity contribution in [1.82, 2.24) is 10.4 Å². The van der Waals surface area contributed by atoms with Crippen LogP contribution in [-0.2, 0) is 21.4 Å². The minimum absolute atomic E-state index is 0.00221. The SMILES string of the molecule is O=C1CC(c2ccccc2)N(C(=O)C2CC23CCc2ccccc23)N1. The number of hydrogen-bond acceptors (Lipinski definition) is 2. The van der Waals surface area contributed by atoms with Crippen LogP contribution >= 0.6 is 0 Å². The first-order chi connectivity index (χ1) is 12.2. The van der Waals surface area contributed by atoms with Crippen molar-refractivity contribution in [3.8, 4) is 0 Å². The van der Waals surface area contributed by atoms with Gasteiger partial charge in [0.25, 0.3) is 0 Å². The Morgan fingerprint density at radius 3 is 2.68 bits per heavy atom. The van der Waals surface area contributed by atoms with E-state index in [1.165, 1.54) is 11.1 Å². The summed E-state index contributed by atoms with van der Waals surface area (Å²) >= 11 is 0. The molecule has 0 bridgehead atoms. The van der Waals surface area contributed by atoms with Crippen molar-refractivity contribution in [1.29, 1.82) is 0 Å². The van der Waals surface area contributed by atoms with Crippen LogP contribution in [0.25, 0.3) is 0 Å². The first-order valence-corrected chi connectivity index (χ1v) is 8.95. The molecule has 4 nitrogen and oxygen atoms in total. The number of benzene rings is 2. The Bertz CT molecular complexity index is 863. The van der Waals surface area contributed by atoms with E-state index in [0.29, 0.717) is 6.42 Å². The number of amides is 2. The lowest BCUT2D eigenvalue weighted by Gasteiger charge is -2.25. The van der Waals surface area contributed by atoms with Crippen molar-refractivity contribution in [3.05, 3.63) is 71.3 Å². The van der Waals surface area contributed by atoms with Gasteiger partial charge in [0, 0.05) is 5.41 Å². The van der Waals surface area contributed by atoms with E-state index in [9.17, 15) is 9.59 Å². The van der Waals surface area contributed by atoms with Crippen LogP contribution < -0.4 is 5.43 Å². The second-order valence-corrected chi connectivity index (χ2v) is 7.44. The third-order valence-electron chi connectivity index (χ3n) is 6.12. The maximum Gasteiger partial charge on any atom is 0.245 e. The molecule has 2 aliphatic carbocycles. The third kappa shape index (κ3) is 2.13. The highest BCUT2D eigenvalue weighted by Crippen LogP contribution is 2.62. The molecule has 4 heteroatoms. The van der Waals surface area contributed by atoms with E-state index in [1.807, 2.05) is 30.3 Å². The zero-order valence-electron chi connectivity index (χ0n) is 13.9. The number of fused-ring (bicyclic) bond motifs is 2. The van der Waals surface area contributed by atoms with Gasteiger partial charge in [0.15, 0.2) is 0 Å². The fourth-order valence-corrected chi connectivity index (χ4v) is 4.76. The van der Waals surface area contributed by atoms with E-state index in [0.717, 1.165) is 24.8 Å². The highest BCUT2D eigenvalue weighted by Gasteiger charge is 2.63. The second kappa shape index (κ2) is 5.19. The fourth-order valence-electron chi connectivity index (χ4n) is 4.76. The molecule has 1 aliphatic heterocycles. The lowest BCUT2D eigenvalue weighted by Crippen LogP contribution is -2.42. The minimum atomic E-state index is -0.199. The molecule has 1 N–H and O–H groups in total. The average molecular weight is 332 g/mol. The number of hydrogen-bond donors (Lipinski definition) is 1. The van der Waals surface area contributed by atoms with Crippen LogP contribution in [0, 0.1) is 5.92 Å². The summed E-state index contributed by atoms with van der Waals surface area (Å²) in [5.74, 6) is -0.0270. The minimum Gasteiger partial charge on any atom is -0.273 e. The summed E-state index contributed by atoms with van der Waals surface area (Å²) in [6.07, 6.45) is 3.33. The van der Waals surface area contributed by atoms with E-state index in [-0.39, 0.29) is 29.2 Å². The van der Waals surface area contributed by atoms with Gasteiger partial charge in [-0.05, 0) is 36.0 Å². The van der Waals surface area contributed by atoms with Crippen LogP contribution in [0.5, 0.6) is 0 Å². The molecule has 3 aliphatic rings. The van der Waals surface area contributed by atoms with Crippen LogP contribution in [0.15, 0.2) is 54.6 Å². The Morgan fingerprint density at radius 2 is 1.84 bits per heavy atom. The van der Waals surface area contributed by atoms with Gasteiger partial charge in [-0.15, -0.1) is 0 Å². The van der Waals surface area contributed by atoms with Crippen LogP contribution in [0.3, 0.4) is 0 Å². The highest BCUT2D eigenvalue weighted by atomic mass is 16.2. The maximum atomic E-state index is 13.2. The summed E-state index contributed by atoms with van der Waals surface area (Å²) in [5, 5.41) is 1.60. The Labute approximate surface area is 146 Å². The van der Waals surface area contributed by atoms with Crippen molar-refractivity contribution in [2.45, 2.75) is 37.1 Å². The van der Waals surface area contributed by atoms with Crippen molar-refractivity contribution in [2.75, 3.05) is 0 Å². The van der Waals surface area contributed by atoms with E-state index in [4.69, 9.17) is 0 Å². The van der Waals surface area contributed by atoms with Gasteiger partial charge in [-0.25, -0.2) is 5.01 Å². The first-order valence-electron chi connectivity index (χ1n) is 8.95. The first kappa shape index (κ1) is 14.7.